The Morgan fingerprint density at radius 2 is 1.80 bits per heavy atom. The van der Waals surface area contributed by atoms with Crippen molar-refractivity contribution in [3.05, 3.63) is 59.7 Å². The first kappa shape index (κ1) is 18.9. The van der Waals surface area contributed by atoms with Crippen molar-refractivity contribution in [1.82, 2.24) is 9.97 Å². The minimum atomic E-state index is 0.705. The van der Waals surface area contributed by atoms with Crippen LogP contribution in [0.15, 0.2) is 48.5 Å². The average molecular weight is 402 g/mol. The van der Waals surface area contributed by atoms with Crippen LogP contribution in [0.1, 0.15) is 11.1 Å². The van der Waals surface area contributed by atoms with Crippen LogP contribution in [0, 0.1) is 6.92 Å². The van der Waals surface area contributed by atoms with Gasteiger partial charge in [-0.15, -0.1) is 0 Å². The highest BCUT2D eigenvalue weighted by molar-refractivity contribution is 5.78. The van der Waals surface area contributed by atoms with Gasteiger partial charge in [0, 0.05) is 36.4 Å². The fourth-order valence-corrected chi connectivity index (χ4v) is 4.26. The van der Waals surface area contributed by atoms with Crippen molar-refractivity contribution in [1.29, 1.82) is 0 Å². The molecule has 1 fully saturated rings. The second-order valence-corrected chi connectivity index (χ2v) is 7.69. The van der Waals surface area contributed by atoms with E-state index >= 15 is 0 Å². The van der Waals surface area contributed by atoms with E-state index in [4.69, 9.17) is 19.4 Å². The molecule has 2 aliphatic rings. The lowest BCUT2D eigenvalue weighted by Crippen LogP contribution is -2.37. The molecule has 6 heteroatoms. The normalized spacial score (nSPS) is 15.9. The van der Waals surface area contributed by atoms with Crippen LogP contribution in [0.4, 0.5) is 17.5 Å². The number of benzene rings is 2. The lowest BCUT2D eigenvalue weighted by atomic mass is 10.1. The summed E-state index contributed by atoms with van der Waals surface area (Å²) in [5.74, 6) is 2.62. The zero-order valence-electron chi connectivity index (χ0n) is 17.5. The average Bonchev–Trinajstić information content (AvgIpc) is 3.23. The van der Waals surface area contributed by atoms with Crippen LogP contribution in [-0.4, -0.2) is 49.9 Å². The predicted molar refractivity (Wildman–Crippen MR) is 119 cm³/mol. The molecule has 0 radical (unpaired) electrons. The van der Waals surface area contributed by atoms with Gasteiger partial charge in [0.05, 0.1) is 26.0 Å². The first-order valence-electron chi connectivity index (χ1n) is 10.5. The fraction of sp³-hybridized carbons (Fsp3) is 0.333. The Kier molecular flexibility index (Phi) is 5.01. The molecule has 1 saturated heterocycles. The molecule has 0 amide bonds. The van der Waals surface area contributed by atoms with E-state index < -0.39 is 0 Å². The molecule has 5 rings (SSSR count). The third-order valence-electron chi connectivity index (χ3n) is 5.86. The Balaban J connectivity index is 1.66. The van der Waals surface area contributed by atoms with E-state index in [1.54, 1.807) is 7.11 Å². The lowest BCUT2D eigenvalue weighted by Gasteiger charge is -2.28. The quantitative estimate of drug-likeness (QED) is 0.658. The minimum Gasteiger partial charge on any atom is -0.497 e. The van der Waals surface area contributed by atoms with Crippen LogP contribution in [0.3, 0.4) is 0 Å². The SMILES string of the molecule is COc1cccc(-c2nc(N3CCOCC3)nc3c2CCN3c2ccccc2C)c1. The number of fused-ring (bicyclic) bond motifs is 1. The third-order valence-corrected chi connectivity index (χ3v) is 5.86. The number of ether oxygens (including phenoxy) is 2. The highest BCUT2D eigenvalue weighted by Crippen LogP contribution is 2.40. The van der Waals surface area contributed by atoms with Gasteiger partial charge < -0.3 is 19.3 Å². The number of morpholine rings is 1. The summed E-state index contributed by atoms with van der Waals surface area (Å²) in [4.78, 5) is 14.7. The van der Waals surface area contributed by atoms with Gasteiger partial charge in [0.2, 0.25) is 5.95 Å². The van der Waals surface area contributed by atoms with E-state index in [0.29, 0.717) is 13.2 Å². The molecule has 0 unspecified atom stereocenters. The first-order chi connectivity index (χ1) is 14.7. The molecular formula is C24H26N4O2. The van der Waals surface area contributed by atoms with Gasteiger partial charge in [-0.25, -0.2) is 4.98 Å². The second kappa shape index (κ2) is 7.95. The molecular weight excluding hydrogens is 376 g/mol. The van der Waals surface area contributed by atoms with Gasteiger partial charge in [-0.05, 0) is 37.1 Å². The van der Waals surface area contributed by atoms with Gasteiger partial charge in [-0.1, -0.05) is 30.3 Å². The maximum atomic E-state index is 5.54. The number of nitrogens with zero attached hydrogens (tertiary/aromatic N) is 4. The van der Waals surface area contributed by atoms with Crippen molar-refractivity contribution < 1.29 is 9.47 Å². The van der Waals surface area contributed by atoms with E-state index in [-0.39, 0.29) is 0 Å². The van der Waals surface area contributed by atoms with Gasteiger partial charge in [-0.3, -0.25) is 0 Å². The highest BCUT2D eigenvalue weighted by Gasteiger charge is 2.29. The van der Waals surface area contributed by atoms with Gasteiger partial charge in [-0.2, -0.15) is 4.98 Å². The Bertz CT molecular complexity index is 1060. The van der Waals surface area contributed by atoms with Crippen molar-refractivity contribution in [3.8, 4) is 17.0 Å². The smallest absolute Gasteiger partial charge is 0.228 e. The number of hydrogen-bond donors (Lipinski definition) is 0. The summed E-state index contributed by atoms with van der Waals surface area (Å²) in [7, 11) is 1.70. The topological polar surface area (TPSA) is 50.7 Å². The summed E-state index contributed by atoms with van der Waals surface area (Å²) in [5, 5.41) is 0. The van der Waals surface area contributed by atoms with Crippen LogP contribution in [-0.2, 0) is 11.2 Å². The van der Waals surface area contributed by atoms with E-state index in [0.717, 1.165) is 54.8 Å². The second-order valence-electron chi connectivity index (χ2n) is 7.69. The van der Waals surface area contributed by atoms with E-state index in [9.17, 15) is 0 Å². The summed E-state index contributed by atoms with van der Waals surface area (Å²) >= 11 is 0. The highest BCUT2D eigenvalue weighted by atomic mass is 16.5. The number of para-hydroxylation sites is 1. The molecule has 30 heavy (non-hydrogen) atoms. The molecule has 0 saturated carbocycles. The number of hydrogen-bond acceptors (Lipinski definition) is 6. The maximum Gasteiger partial charge on any atom is 0.228 e. The molecule has 0 spiro atoms. The molecule has 2 aromatic carbocycles. The maximum absolute atomic E-state index is 5.54. The summed E-state index contributed by atoms with van der Waals surface area (Å²) in [6.07, 6.45) is 0.916. The largest absolute Gasteiger partial charge is 0.497 e. The molecule has 0 aliphatic carbocycles. The van der Waals surface area contributed by atoms with Crippen molar-refractivity contribution >= 4 is 17.5 Å². The number of aryl methyl sites for hydroxylation is 1. The Labute approximate surface area is 177 Å². The molecule has 1 aromatic heterocycles. The summed E-state index contributed by atoms with van der Waals surface area (Å²) in [6.45, 7) is 6.08. The number of anilines is 3. The Hall–Kier alpha value is -3.12. The van der Waals surface area contributed by atoms with E-state index in [1.165, 1.54) is 16.8 Å². The monoisotopic (exact) mass is 402 g/mol. The van der Waals surface area contributed by atoms with Crippen molar-refractivity contribution in [2.24, 2.45) is 0 Å². The molecule has 0 bridgehead atoms. The zero-order chi connectivity index (χ0) is 20.5. The Morgan fingerprint density at radius 3 is 2.60 bits per heavy atom. The standard InChI is InChI=1S/C24H26N4O2/c1-17-6-3-4-9-21(17)28-11-10-20-22(18-7-5-8-19(16-18)29-2)25-24(26-23(20)28)27-12-14-30-15-13-27/h3-9,16H,10-15H2,1-2H3. The van der Waals surface area contributed by atoms with Crippen LogP contribution < -0.4 is 14.5 Å². The molecule has 154 valence electrons. The first-order valence-corrected chi connectivity index (χ1v) is 10.5. The molecule has 3 aromatic rings. The van der Waals surface area contributed by atoms with Gasteiger partial charge in [0.25, 0.3) is 0 Å². The van der Waals surface area contributed by atoms with Crippen molar-refractivity contribution in [3.63, 3.8) is 0 Å². The third kappa shape index (κ3) is 3.37. The van der Waals surface area contributed by atoms with Crippen LogP contribution in [0.5, 0.6) is 5.75 Å². The van der Waals surface area contributed by atoms with Gasteiger partial charge >= 0.3 is 0 Å². The van der Waals surface area contributed by atoms with E-state index in [1.807, 2.05) is 12.1 Å². The minimum absolute atomic E-state index is 0.705. The van der Waals surface area contributed by atoms with Gasteiger partial charge in [0.15, 0.2) is 0 Å². The Morgan fingerprint density at radius 1 is 0.967 bits per heavy atom. The molecule has 6 nitrogen and oxygen atoms in total. The number of aromatic nitrogens is 2. The summed E-state index contributed by atoms with van der Waals surface area (Å²) in [5.41, 5.74) is 5.72. The van der Waals surface area contributed by atoms with Crippen LogP contribution in [0.2, 0.25) is 0 Å². The zero-order valence-corrected chi connectivity index (χ0v) is 17.5. The summed E-state index contributed by atoms with van der Waals surface area (Å²) in [6, 6.07) is 16.6. The van der Waals surface area contributed by atoms with Gasteiger partial charge in [0.1, 0.15) is 11.6 Å². The lowest BCUT2D eigenvalue weighted by molar-refractivity contribution is 0.122. The molecule has 0 N–H and O–H groups in total. The van der Waals surface area contributed by atoms with Crippen molar-refractivity contribution in [2.45, 2.75) is 13.3 Å². The molecule has 3 heterocycles. The molecule has 2 aliphatic heterocycles. The predicted octanol–water partition coefficient (Wildman–Crippen LogP) is 3.99. The van der Waals surface area contributed by atoms with Crippen molar-refractivity contribution in [2.75, 3.05) is 49.8 Å². The van der Waals surface area contributed by atoms with Crippen LogP contribution >= 0.6 is 0 Å². The molecule has 0 atom stereocenters. The van der Waals surface area contributed by atoms with Crippen LogP contribution in [0.25, 0.3) is 11.3 Å². The number of methoxy groups -OCH3 is 1. The number of rotatable bonds is 4. The van der Waals surface area contributed by atoms with E-state index in [2.05, 4.69) is 53.1 Å². The fourth-order valence-electron chi connectivity index (χ4n) is 4.26. The summed E-state index contributed by atoms with van der Waals surface area (Å²) < 4.78 is 11.0.